The second-order valence-electron chi connectivity index (χ2n) is 8.04. The Bertz CT molecular complexity index is 952. The van der Waals surface area contributed by atoms with Crippen LogP contribution in [0, 0.1) is 17.6 Å². The minimum atomic E-state index is -0.812. The predicted octanol–water partition coefficient (Wildman–Crippen LogP) is 2.67. The van der Waals surface area contributed by atoms with Crippen LogP contribution < -0.4 is 10.6 Å². The molecule has 1 saturated carbocycles. The lowest BCUT2D eigenvalue weighted by Gasteiger charge is -2.43. The summed E-state index contributed by atoms with van der Waals surface area (Å²) in [7, 11) is 0. The van der Waals surface area contributed by atoms with Crippen LogP contribution >= 0.6 is 0 Å². The third-order valence-electron chi connectivity index (χ3n) is 6.07. The molecule has 1 aliphatic carbocycles. The average Bonchev–Trinajstić information content (AvgIpc) is 3.07. The second-order valence-corrected chi connectivity index (χ2v) is 8.04. The van der Waals surface area contributed by atoms with Crippen LogP contribution in [0.4, 0.5) is 8.78 Å². The number of carbonyl (C=O) groups excluding carboxylic acids is 2. The molecule has 2 aromatic rings. The van der Waals surface area contributed by atoms with Crippen molar-refractivity contribution in [1.29, 1.82) is 0 Å². The Morgan fingerprint density at radius 1 is 1.31 bits per heavy atom. The zero-order valence-electron chi connectivity index (χ0n) is 16.3. The zero-order valence-corrected chi connectivity index (χ0v) is 16.3. The summed E-state index contributed by atoms with van der Waals surface area (Å²) in [5.41, 5.74) is 0.820. The van der Waals surface area contributed by atoms with Crippen LogP contribution in [0.3, 0.4) is 0 Å². The number of hydrogen-bond donors (Lipinski definition) is 2. The highest BCUT2D eigenvalue weighted by atomic mass is 19.1. The normalized spacial score (nSPS) is 19.8. The van der Waals surface area contributed by atoms with Gasteiger partial charge >= 0.3 is 0 Å². The van der Waals surface area contributed by atoms with E-state index in [9.17, 15) is 18.4 Å². The van der Waals surface area contributed by atoms with Crippen LogP contribution in [0.5, 0.6) is 0 Å². The molecule has 0 saturated heterocycles. The quantitative estimate of drug-likeness (QED) is 0.807. The summed E-state index contributed by atoms with van der Waals surface area (Å²) in [6.07, 6.45) is 5.15. The van der Waals surface area contributed by atoms with E-state index < -0.39 is 17.2 Å². The third-order valence-corrected chi connectivity index (χ3v) is 6.07. The maximum atomic E-state index is 14.4. The van der Waals surface area contributed by atoms with Gasteiger partial charge in [-0.3, -0.25) is 14.3 Å². The maximum absolute atomic E-state index is 14.4. The van der Waals surface area contributed by atoms with Crippen molar-refractivity contribution in [3.63, 3.8) is 0 Å². The Balaban J connectivity index is 1.54. The molecule has 4 rings (SSSR count). The number of aromatic nitrogens is 2. The number of amides is 2. The molecule has 2 heterocycles. The van der Waals surface area contributed by atoms with Crippen molar-refractivity contribution in [2.45, 2.75) is 51.1 Å². The van der Waals surface area contributed by atoms with Gasteiger partial charge in [0.2, 0.25) is 5.91 Å². The molecule has 154 valence electrons. The Labute approximate surface area is 167 Å². The maximum Gasteiger partial charge on any atom is 0.255 e. The number of hydrogen-bond acceptors (Lipinski definition) is 3. The lowest BCUT2D eigenvalue weighted by molar-refractivity contribution is -0.119. The summed E-state index contributed by atoms with van der Waals surface area (Å²) in [6, 6.07) is 3.50. The highest BCUT2D eigenvalue weighted by Gasteiger charge is 2.42. The first-order valence-electron chi connectivity index (χ1n) is 9.95. The van der Waals surface area contributed by atoms with E-state index in [-0.39, 0.29) is 17.7 Å². The molecular weight excluding hydrogens is 378 g/mol. The van der Waals surface area contributed by atoms with E-state index in [1.165, 1.54) is 19.1 Å². The summed E-state index contributed by atoms with van der Waals surface area (Å²) in [4.78, 5) is 24.3. The summed E-state index contributed by atoms with van der Waals surface area (Å²) in [6.45, 7) is 2.73. The lowest BCUT2D eigenvalue weighted by Crippen LogP contribution is -2.51. The number of halogens is 2. The van der Waals surface area contributed by atoms with Gasteiger partial charge in [0.05, 0.1) is 23.0 Å². The number of rotatable bonds is 5. The van der Waals surface area contributed by atoms with Gasteiger partial charge in [-0.25, -0.2) is 8.78 Å². The van der Waals surface area contributed by atoms with E-state index in [2.05, 4.69) is 15.7 Å². The van der Waals surface area contributed by atoms with Crippen LogP contribution in [0.1, 0.15) is 54.2 Å². The fraction of sp³-hybridized carbons (Fsp3) is 0.476. The number of fused-ring (bicyclic) bond motifs is 1. The van der Waals surface area contributed by atoms with E-state index in [1.807, 2.05) is 4.68 Å². The van der Waals surface area contributed by atoms with Gasteiger partial charge in [0, 0.05) is 31.6 Å². The topological polar surface area (TPSA) is 76.0 Å². The number of nitrogens with one attached hydrogen (secondary N) is 2. The van der Waals surface area contributed by atoms with Crippen molar-refractivity contribution in [3.05, 3.63) is 52.9 Å². The molecule has 6 nitrogen and oxygen atoms in total. The molecule has 1 fully saturated rings. The molecule has 1 unspecified atom stereocenters. The van der Waals surface area contributed by atoms with Crippen LogP contribution in [0.25, 0.3) is 0 Å². The smallest absolute Gasteiger partial charge is 0.255 e. The standard InChI is InChI=1S/C21H24F2N4O2/c1-13(28)24-11-14-5-8-27-19(9-14)16(12-25-27)20(29)26-21(6-2-7-21)17-4-3-15(22)10-18(17)23/h3-4,10,12,14H,2,5-9,11H2,1H3,(H,24,28)(H,26,29). The fourth-order valence-electron chi connectivity index (χ4n) is 4.31. The van der Waals surface area contributed by atoms with E-state index in [0.717, 1.165) is 24.6 Å². The summed E-state index contributed by atoms with van der Waals surface area (Å²) < 4.78 is 29.5. The molecule has 2 N–H and O–H groups in total. The molecule has 1 aromatic carbocycles. The SMILES string of the molecule is CC(=O)NCC1CCn2ncc(C(=O)NC3(c4ccc(F)cc4F)CCC3)c2C1. The first-order valence-corrected chi connectivity index (χ1v) is 9.95. The number of carbonyl (C=O) groups is 2. The molecule has 1 aliphatic heterocycles. The van der Waals surface area contributed by atoms with Crippen LogP contribution in [0.2, 0.25) is 0 Å². The highest BCUT2D eigenvalue weighted by molar-refractivity contribution is 5.95. The first kappa shape index (κ1) is 19.5. The van der Waals surface area contributed by atoms with Gasteiger partial charge in [0.25, 0.3) is 5.91 Å². The molecule has 0 bridgehead atoms. The molecule has 2 aliphatic rings. The van der Waals surface area contributed by atoms with E-state index in [0.29, 0.717) is 43.5 Å². The summed E-state index contributed by atoms with van der Waals surface area (Å²) in [5, 5.41) is 10.2. The number of aryl methyl sites for hydroxylation is 1. The van der Waals surface area contributed by atoms with Crippen LogP contribution in [0.15, 0.2) is 24.4 Å². The Morgan fingerprint density at radius 2 is 2.10 bits per heavy atom. The van der Waals surface area contributed by atoms with Gasteiger partial charge in [-0.1, -0.05) is 6.07 Å². The molecule has 0 spiro atoms. The largest absolute Gasteiger partial charge is 0.356 e. The van der Waals surface area contributed by atoms with Crippen molar-refractivity contribution in [2.24, 2.45) is 5.92 Å². The van der Waals surface area contributed by atoms with Gasteiger partial charge in [0.15, 0.2) is 0 Å². The van der Waals surface area contributed by atoms with Crippen molar-refractivity contribution < 1.29 is 18.4 Å². The Kier molecular flexibility index (Phi) is 5.10. The van der Waals surface area contributed by atoms with Gasteiger partial charge in [-0.05, 0) is 44.1 Å². The summed E-state index contributed by atoms with van der Waals surface area (Å²) in [5.74, 6) is -1.41. The van der Waals surface area contributed by atoms with Gasteiger partial charge < -0.3 is 10.6 Å². The van der Waals surface area contributed by atoms with Crippen LogP contribution in [-0.4, -0.2) is 28.1 Å². The van der Waals surface area contributed by atoms with Crippen molar-refractivity contribution in [3.8, 4) is 0 Å². The van der Waals surface area contributed by atoms with Crippen molar-refractivity contribution in [2.75, 3.05) is 6.54 Å². The first-order chi connectivity index (χ1) is 13.9. The molecule has 8 heteroatoms. The van der Waals surface area contributed by atoms with Crippen molar-refractivity contribution >= 4 is 11.8 Å². The lowest BCUT2D eigenvalue weighted by atomic mass is 9.71. The highest BCUT2D eigenvalue weighted by Crippen LogP contribution is 2.42. The Morgan fingerprint density at radius 3 is 2.76 bits per heavy atom. The summed E-state index contributed by atoms with van der Waals surface area (Å²) >= 11 is 0. The number of nitrogens with zero attached hydrogens (tertiary/aromatic N) is 2. The van der Waals surface area contributed by atoms with E-state index in [1.54, 1.807) is 6.20 Å². The van der Waals surface area contributed by atoms with E-state index in [4.69, 9.17) is 0 Å². The molecular formula is C21H24F2N4O2. The monoisotopic (exact) mass is 402 g/mol. The second kappa shape index (κ2) is 7.57. The molecule has 1 aromatic heterocycles. The molecule has 29 heavy (non-hydrogen) atoms. The van der Waals surface area contributed by atoms with E-state index >= 15 is 0 Å². The minimum Gasteiger partial charge on any atom is -0.356 e. The molecule has 0 radical (unpaired) electrons. The predicted molar refractivity (Wildman–Crippen MR) is 102 cm³/mol. The molecule has 1 atom stereocenters. The third kappa shape index (κ3) is 3.75. The zero-order chi connectivity index (χ0) is 20.6. The Hall–Kier alpha value is -2.77. The van der Waals surface area contributed by atoms with Crippen LogP contribution in [-0.2, 0) is 23.3 Å². The number of benzene rings is 1. The van der Waals surface area contributed by atoms with Gasteiger partial charge in [-0.15, -0.1) is 0 Å². The van der Waals surface area contributed by atoms with Crippen molar-refractivity contribution in [1.82, 2.24) is 20.4 Å². The average molecular weight is 402 g/mol. The molecule has 2 amide bonds. The van der Waals surface area contributed by atoms with Gasteiger partial charge in [-0.2, -0.15) is 5.10 Å². The minimum absolute atomic E-state index is 0.0738. The fourth-order valence-corrected chi connectivity index (χ4v) is 4.31. The van der Waals surface area contributed by atoms with Gasteiger partial charge in [0.1, 0.15) is 11.6 Å².